The van der Waals surface area contributed by atoms with Crippen molar-refractivity contribution in [3.05, 3.63) is 59.4 Å². The summed E-state index contributed by atoms with van der Waals surface area (Å²) in [6.45, 7) is 5.67. The zero-order chi connectivity index (χ0) is 20.3. The smallest absolute Gasteiger partial charge is 0.254 e. The molecule has 6 nitrogen and oxygen atoms in total. The van der Waals surface area contributed by atoms with Gasteiger partial charge in [-0.25, -0.2) is 17.5 Å². The quantitative estimate of drug-likeness (QED) is 0.829. The molecule has 2 aromatic carbocycles. The number of benzene rings is 2. The highest BCUT2D eigenvalue weighted by Gasteiger charge is 2.25. The Hall–Kier alpha value is -2.45. The van der Waals surface area contributed by atoms with E-state index in [1.54, 1.807) is 43.0 Å². The molecule has 8 heteroatoms. The maximum absolute atomic E-state index is 14.0. The monoisotopic (exact) mass is 405 g/mol. The van der Waals surface area contributed by atoms with E-state index in [1.807, 2.05) is 4.90 Å². The number of amides is 1. The van der Waals surface area contributed by atoms with Crippen molar-refractivity contribution in [2.75, 3.05) is 37.6 Å². The van der Waals surface area contributed by atoms with E-state index < -0.39 is 10.0 Å². The highest BCUT2D eigenvalue weighted by Crippen LogP contribution is 2.22. The van der Waals surface area contributed by atoms with Crippen molar-refractivity contribution in [2.24, 2.45) is 0 Å². The zero-order valence-corrected chi connectivity index (χ0v) is 16.8. The maximum atomic E-state index is 14.0. The third kappa shape index (κ3) is 4.18. The number of carbonyl (C=O) groups is 1. The van der Waals surface area contributed by atoms with E-state index in [0.717, 1.165) is 5.56 Å². The fourth-order valence-electron chi connectivity index (χ4n) is 3.30. The molecule has 1 N–H and O–H groups in total. The van der Waals surface area contributed by atoms with Crippen LogP contribution < -0.4 is 9.62 Å². The number of sulfonamides is 1. The summed E-state index contributed by atoms with van der Waals surface area (Å²) in [5.74, 6) is -0.487. The number of nitrogens with one attached hydrogen (secondary N) is 1. The second kappa shape index (κ2) is 8.28. The van der Waals surface area contributed by atoms with Crippen molar-refractivity contribution in [1.82, 2.24) is 9.62 Å². The van der Waals surface area contributed by atoms with Gasteiger partial charge in [0.05, 0.1) is 10.6 Å². The Morgan fingerprint density at radius 2 is 1.79 bits per heavy atom. The van der Waals surface area contributed by atoms with Crippen molar-refractivity contribution >= 4 is 21.6 Å². The minimum absolute atomic E-state index is 0.0771. The van der Waals surface area contributed by atoms with Crippen LogP contribution in [0.15, 0.2) is 47.4 Å². The molecule has 3 rings (SSSR count). The first kappa shape index (κ1) is 20.3. The number of hydrogen-bond acceptors (Lipinski definition) is 4. The molecular formula is C20H24FN3O3S. The molecule has 0 atom stereocenters. The summed E-state index contributed by atoms with van der Waals surface area (Å²) in [7, 11) is -3.63. The third-order valence-corrected chi connectivity index (χ3v) is 6.39. The standard InChI is InChI=1S/C20H24FN3O3S/c1-3-22-28(26,27)16-9-8-15(2)17(14-16)20(25)24-12-10-23(11-13-24)19-7-5-4-6-18(19)21/h4-9,14,22H,3,10-13H2,1-2H3. The van der Waals surface area contributed by atoms with Gasteiger partial charge in [0.2, 0.25) is 10.0 Å². The van der Waals surface area contributed by atoms with E-state index >= 15 is 0 Å². The van der Waals surface area contributed by atoms with Gasteiger partial charge in [0.1, 0.15) is 5.82 Å². The summed E-state index contributed by atoms with van der Waals surface area (Å²) >= 11 is 0. The lowest BCUT2D eigenvalue weighted by Gasteiger charge is -2.36. The molecular weight excluding hydrogens is 381 g/mol. The molecule has 1 aliphatic rings. The molecule has 150 valence electrons. The average molecular weight is 405 g/mol. The van der Waals surface area contributed by atoms with E-state index in [1.165, 1.54) is 18.2 Å². The molecule has 1 heterocycles. The van der Waals surface area contributed by atoms with Gasteiger partial charge in [-0.05, 0) is 36.8 Å². The lowest BCUT2D eigenvalue weighted by Crippen LogP contribution is -2.49. The summed E-state index contributed by atoms with van der Waals surface area (Å²) in [4.78, 5) is 16.7. The maximum Gasteiger partial charge on any atom is 0.254 e. The van der Waals surface area contributed by atoms with Crippen LogP contribution in [0.3, 0.4) is 0 Å². The Kier molecular flexibility index (Phi) is 6.00. The number of halogens is 1. The number of para-hydroxylation sites is 1. The van der Waals surface area contributed by atoms with Crippen LogP contribution in [0.4, 0.5) is 10.1 Å². The van der Waals surface area contributed by atoms with Crippen molar-refractivity contribution in [1.29, 1.82) is 0 Å². The van der Waals surface area contributed by atoms with E-state index in [4.69, 9.17) is 0 Å². The van der Waals surface area contributed by atoms with Crippen LogP contribution in [-0.4, -0.2) is 51.9 Å². The minimum atomic E-state index is -3.63. The second-order valence-electron chi connectivity index (χ2n) is 6.71. The molecule has 0 bridgehead atoms. The summed E-state index contributed by atoms with van der Waals surface area (Å²) in [6, 6.07) is 11.2. The summed E-state index contributed by atoms with van der Waals surface area (Å²) < 4.78 is 40.9. The van der Waals surface area contributed by atoms with Crippen molar-refractivity contribution in [2.45, 2.75) is 18.7 Å². The first-order chi connectivity index (χ1) is 13.3. The van der Waals surface area contributed by atoms with Gasteiger partial charge < -0.3 is 9.80 Å². The van der Waals surface area contributed by atoms with Gasteiger partial charge in [0.25, 0.3) is 5.91 Å². The van der Waals surface area contributed by atoms with Gasteiger partial charge in [-0.1, -0.05) is 25.1 Å². The molecule has 1 aliphatic heterocycles. The molecule has 0 unspecified atom stereocenters. The van der Waals surface area contributed by atoms with Crippen molar-refractivity contribution in [3.8, 4) is 0 Å². The van der Waals surface area contributed by atoms with Crippen LogP contribution >= 0.6 is 0 Å². The third-order valence-electron chi connectivity index (χ3n) is 4.84. The molecule has 0 aromatic heterocycles. The highest BCUT2D eigenvalue weighted by atomic mass is 32.2. The Morgan fingerprint density at radius 1 is 1.11 bits per heavy atom. The molecule has 0 saturated carbocycles. The molecule has 28 heavy (non-hydrogen) atoms. The number of anilines is 1. The topological polar surface area (TPSA) is 69.7 Å². The Balaban J connectivity index is 1.76. The number of nitrogens with zero attached hydrogens (tertiary/aromatic N) is 2. The first-order valence-corrected chi connectivity index (χ1v) is 10.7. The Labute approximate surface area is 165 Å². The summed E-state index contributed by atoms with van der Waals surface area (Å²) in [6.07, 6.45) is 0. The van der Waals surface area contributed by atoms with Gasteiger partial charge in [-0.15, -0.1) is 0 Å². The van der Waals surface area contributed by atoms with Crippen LogP contribution in [-0.2, 0) is 10.0 Å². The normalized spacial score (nSPS) is 15.0. The SMILES string of the molecule is CCNS(=O)(=O)c1ccc(C)c(C(=O)N2CCN(c3ccccc3F)CC2)c1. The number of hydrogen-bond donors (Lipinski definition) is 1. The van der Waals surface area contributed by atoms with E-state index in [9.17, 15) is 17.6 Å². The van der Waals surface area contributed by atoms with Crippen LogP contribution in [0.2, 0.25) is 0 Å². The minimum Gasteiger partial charge on any atom is -0.366 e. The van der Waals surface area contributed by atoms with E-state index in [2.05, 4.69) is 4.72 Å². The van der Waals surface area contributed by atoms with Crippen LogP contribution in [0.25, 0.3) is 0 Å². The van der Waals surface area contributed by atoms with Crippen LogP contribution in [0.1, 0.15) is 22.8 Å². The largest absolute Gasteiger partial charge is 0.366 e. The summed E-state index contributed by atoms with van der Waals surface area (Å²) in [5, 5.41) is 0. The van der Waals surface area contributed by atoms with Crippen molar-refractivity contribution in [3.63, 3.8) is 0 Å². The van der Waals surface area contributed by atoms with E-state index in [0.29, 0.717) is 37.4 Å². The number of carbonyl (C=O) groups excluding carboxylic acids is 1. The van der Waals surface area contributed by atoms with E-state index in [-0.39, 0.29) is 23.2 Å². The van der Waals surface area contributed by atoms with Crippen molar-refractivity contribution < 1.29 is 17.6 Å². The summed E-state index contributed by atoms with van der Waals surface area (Å²) in [5.41, 5.74) is 1.62. The predicted octanol–water partition coefficient (Wildman–Crippen LogP) is 2.39. The lowest BCUT2D eigenvalue weighted by atomic mass is 10.1. The molecule has 1 saturated heterocycles. The second-order valence-corrected chi connectivity index (χ2v) is 8.48. The van der Waals surface area contributed by atoms with Crippen LogP contribution in [0, 0.1) is 12.7 Å². The van der Waals surface area contributed by atoms with Gasteiger partial charge in [0, 0.05) is 38.3 Å². The number of aryl methyl sites for hydroxylation is 1. The molecule has 0 spiro atoms. The average Bonchev–Trinajstić information content (AvgIpc) is 2.68. The lowest BCUT2D eigenvalue weighted by molar-refractivity contribution is 0.0745. The molecule has 1 amide bonds. The Bertz CT molecular complexity index is 970. The molecule has 2 aromatic rings. The number of rotatable bonds is 5. The molecule has 0 radical (unpaired) electrons. The Morgan fingerprint density at radius 3 is 2.43 bits per heavy atom. The fraction of sp³-hybridized carbons (Fsp3) is 0.350. The highest BCUT2D eigenvalue weighted by molar-refractivity contribution is 7.89. The molecule has 0 aliphatic carbocycles. The molecule has 1 fully saturated rings. The first-order valence-electron chi connectivity index (χ1n) is 9.22. The predicted molar refractivity (Wildman–Crippen MR) is 107 cm³/mol. The zero-order valence-electron chi connectivity index (χ0n) is 16.0. The fourth-order valence-corrected chi connectivity index (χ4v) is 4.37. The van der Waals surface area contributed by atoms with Gasteiger partial charge in [-0.2, -0.15) is 0 Å². The van der Waals surface area contributed by atoms with Gasteiger partial charge in [-0.3, -0.25) is 4.79 Å². The van der Waals surface area contributed by atoms with Gasteiger partial charge in [0.15, 0.2) is 0 Å². The van der Waals surface area contributed by atoms with Crippen LogP contribution in [0.5, 0.6) is 0 Å². The van der Waals surface area contributed by atoms with Gasteiger partial charge >= 0.3 is 0 Å². The number of piperazine rings is 1.